The molecule has 0 radical (unpaired) electrons. The summed E-state index contributed by atoms with van der Waals surface area (Å²) in [4.78, 5) is 4.24. The van der Waals surface area contributed by atoms with Crippen molar-refractivity contribution in [1.29, 1.82) is 0 Å². The summed E-state index contributed by atoms with van der Waals surface area (Å²) in [6, 6.07) is 4.08. The van der Waals surface area contributed by atoms with E-state index in [0.29, 0.717) is 0 Å². The van der Waals surface area contributed by atoms with Gasteiger partial charge in [-0.2, -0.15) is 0 Å². The van der Waals surface area contributed by atoms with Crippen LogP contribution >= 0.6 is 0 Å². The normalized spacial score (nSPS) is 15.5. The minimum atomic E-state index is 0.951. The van der Waals surface area contributed by atoms with Gasteiger partial charge in [-0.3, -0.25) is 4.98 Å². The summed E-state index contributed by atoms with van der Waals surface area (Å²) in [5.74, 6) is 0. The van der Waals surface area contributed by atoms with Crippen molar-refractivity contribution >= 4 is 5.70 Å². The van der Waals surface area contributed by atoms with Gasteiger partial charge in [0, 0.05) is 12.7 Å². The standard InChI is InChI=1S/C9H10N2/c1-7-9-8(4-6-10-7)3-2-5-11-9/h2-3,5,10H,1,4,6H2. The van der Waals surface area contributed by atoms with Crippen LogP contribution in [0.5, 0.6) is 0 Å². The van der Waals surface area contributed by atoms with Crippen LogP contribution in [0.2, 0.25) is 0 Å². The molecule has 56 valence electrons. The van der Waals surface area contributed by atoms with Gasteiger partial charge in [-0.1, -0.05) is 12.6 Å². The average molecular weight is 146 g/mol. The summed E-state index contributed by atoms with van der Waals surface area (Å²) >= 11 is 0. The average Bonchev–Trinajstić information content (AvgIpc) is 2.06. The Hall–Kier alpha value is -1.31. The molecule has 0 atom stereocenters. The maximum absolute atomic E-state index is 4.24. The fourth-order valence-corrected chi connectivity index (χ4v) is 1.34. The second kappa shape index (κ2) is 2.38. The molecule has 1 aliphatic heterocycles. The van der Waals surface area contributed by atoms with Gasteiger partial charge in [0.05, 0.1) is 11.4 Å². The number of hydrogen-bond donors (Lipinski definition) is 1. The fourth-order valence-electron chi connectivity index (χ4n) is 1.34. The quantitative estimate of drug-likeness (QED) is 0.595. The Morgan fingerprint density at radius 1 is 1.55 bits per heavy atom. The zero-order chi connectivity index (χ0) is 7.68. The van der Waals surface area contributed by atoms with Crippen LogP contribution in [0.15, 0.2) is 24.9 Å². The Morgan fingerprint density at radius 3 is 3.27 bits per heavy atom. The smallest absolute Gasteiger partial charge is 0.0887 e. The number of rotatable bonds is 0. The molecule has 2 nitrogen and oxygen atoms in total. The molecule has 0 spiro atoms. The Morgan fingerprint density at radius 2 is 2.45 bits per heavy atom. The highest BCUT2D eigenvalue weighted by Crippen LogP contribution is 2.16. The van der Waals surface area contributed by atoms with E-state index in [1.165, 1.54) is 5.56 Å². The van der Waals surface area contributed by atoms with Gasteiger partial charge in [0.25, 0.3) is 0 Å². The molecule has 0 amide bonds. The van der Waals surface area contributed by atoms with Gasteiger partial charge in [0.2, 0.25) is 0 Å². The molecular weight excluding hydrogens is 136 g/mol. The van der Waals surface area contributed by atoms with Crippen LogP contribution < -0.4 is 5.32 Å². The number of aromatic nitrogens is 1. The Labute approximate surface area is 66.0 Å². The lowest BCUT2D eigenvalue weighted by Crippen LogP contribution is -2.22. The number of hydrogen-bond acceptors (Lipinski definition) is 2. The molecule has 0 aromatic carbocycles. The number of nitrogens with zero attached hydrogens (tertiary/aromatic N) is 1. The van der Waals surface area contributed by atoms with E-state index in [-0.39, 0.29) is 0 Å². The second-order valence-corrected chi connectivity index (χ2v) is 2.67. The van der Waals surface area contributed by atoms with E-state index < -0.39 is 0 Å². The van der Waals surface area contributed by atoms with Crippen molar-refractivity contribution < 1.29 is 0 Å². The molecule has 1 aromatic heterocycles. The molecule has 2 heterocycles. The largest absolute Gasteiger partial charge is 0.383 e. The van der Waals surface area contributed by atoms with E-state index in [1.807, 2.05) is 6.07 Å². The van der Waals surface area contributed by atoms with Crippen LogP contribution in [-0.4, -0.2) is 11.5 Å². The first kappa shape index (κ1) is 6.40. The third kappa shape index (κ3) is 1.00. The number of fused-ring (bicyclic) bond motifs is 1. The highest BCUT2D eigenvalue weighted by molar-refractivity contribution is 5.62. The van der Waals surface area contributed by atoms with E-state index in [9.17, 15) is 0 Å². The summed E-state index contributed by atoms with van der Waals surface area (Å²) in [5, 5.41) is 3.18. The Kier molecular flexibility index (Phi) is 1.39. The molecule has 2 rings (SSSR count). The third-order valence-corrected chi connectivity index (χ3v) is 1.91. The lowest BCUT2D eigenvalue weighted by atomic mass is 10.1. The molecule has 0 aliphatic carbocycles. The summed E-state index contributed by atoms with van der Waals surface area (Å²) < 4.78 is 0. The van der Waals surface area contributed by atoms with E-state index >= 15 is 0 Å². The van der Waals surface area contributed by atoms with Crippen LogP contribution in [0.4, 0.5) is 0 Å². The highest BCUT2D eigenvalue weighted by Gasteiger charge is 2.10. The second-order valence-electron chi connectivity index (χ2n) is 2.67. The predicted molar refractivity (Wildman–Crippen MR) is 45.0 cm³/mol. The summed E-state index contributed by atoms with van der Waals surface area (Å²) in [5.41, 5.74) is 3.28. The number of pyridine rings is 1. The van der Waals surface area contributed by atoms with Gasteiger partial charge >= 0.3 is 0 Å². The van der Waals surface area contributed by atoms with Gasteiger partial charge in [-0.25, -0.2) is 0 Å². The van der Waals surface area contributed by atoms with Crippen molar-refractivity contribution in [2.75, 3.05) is 6.54 Å². The minimum Gasteiger partial charge on any atom is -0.383 e. The van der Waals surface area contributed by atoms with E-state index in [0.717, 1.165) is 24.4 Å². The molecule has 1 aliphatic rings. The Balaban J connectivity index is 2.52. The van der Waals surface area contributed by atoms with Gasteiger partial charge in [-0.15, -0.1) is 0 Å². The molecule has 1 N–H and O–H groups in total. The minimum absolute atomic E-state index is 0.951. The molecule has 0 bridgehead atoms. The lowest BCUT2D eigenvalue weighted by Gasteiger charge is -2.18. The van der Waals surface area contributed by atoms with E-state index in [2.05, 4.69) is 22.9 Å². The van der Waals surface area contributed by atoms with Crippen LogP contribution in [0.1, 0.15) is 11.3 Å². The number of nitrogens with one attached hydrogen (secondary N) is 1. The molecular formula is C9H10N2. The first-order valence-corrected chi connectivity index (χ1v) is 3.75. The molecule has 1 aromatic rings. The topological polar surface area (TPSA) is 24.9 Å². The van der Waals surface area contributed by atoms with Crippen molar-refractivity contribution in [3.63, 3.8) is 0 Å². The SMILES string of the molecule is C=C1NCCc2cccnc21. The summed E-state index contributed by atoms with van der Waals surface area (Å²) in [6.07, 6.45) is 2.86. The van der Waals surface area contributed by atoms with E-state index in [1.54, 1.807) is 6.20 Å². The zero-order valence-electron chi connectivity index (χ0n) is 6.30. The van der Waals surface area contributed by atoms with Crippen molar-refractivity contribution in [2.45, 2.75) is 6.42 Å². The predicted octanol–water partition coefficient (Wildman–Crippen LogP) is 1.20. The van der Waals surface area contributed by atoms with Crippen molar-refractivity contribution in [3.05, 3.63) is 36.2 Å². The van der Waals surface area contributed by atoms with Crippen LogP contribution in [0, 0.1) is 0 Å². The van der Waals surface area contributed by atoms with Crippen LogP contribution in [0.25, 0.3) is 5.70 Å². The van der Waals surface area contributed by atoms with Crippen molar-refractivity contribution in [1.82, 2.24) is 10.3 Å². The molecule has 0 saturated heterocycles. The summed E-state index contributed by atoms with van der Waals surface area (Å²) in [7, 11) is 0. The van der Waals surface area contributed by atoms with Gasteiger partial charge in [0.1, 0.15) is 0 Å². The first-order valence-electron chi connectivity index (χ1n) is 3.75. The highest BCUT2D eigenvalue weighted by atomic mass is 14.9. The monoisotopic (exact) mass is 146 g/mol. The lowest BCUT2D eigenvalue weighted by molar-refractivity contribution is 0.802. The van der Waals surface area contributed by atoms with Crippen molar-refractivity contribution in [2.24, 2.45) is 0 Å². The van der Waals surface area contributed by atoms with Crippen LogP contribution in [0.3, 0.4) is 0 Å². The molecule has 0 unspecified atom stereocenters. The maximum Gasteiger partial charge on any atom is 0.0887 e. The van der Waals surface area contributed by atoms with E-state index in [4.69, 9.17) is 0 Å². The molecule has 2 heteroatoms. The maximum atomic E-state index is 4.24. The van der Waals surface area contributed by atoms with Gasteiger partial charge in [0.15, 0.2) is 0 Å². The molecule has 0 saturated carbocycles. The summed E-state index contributed by atoms with van der Waals surface area (Å²) in [6.45, 7) is 4.87. The van der Waals surface area contributed by atoms with Gasteiger partial charge in [-0.05, 0) is 18.1 Å². The molecule has 11 heavy (non-hydrogen) atoms. The Bertz CT molecular complexity index is 291. The molecule has 0 fully saturated rings. The van der Waals surface area contributed by atoms with Crippen LogP contribution in [-0.2, 0) is 6.42 Å². The van der Waals surface area contributed by atoms with Gasteiger partial charge < -0.3 is 5.32 Å². The first-order chi connectivity index (χ1) is 5.38. The zero-order valence-corrected chi connectivity index (χ0v) is 6.30. The fraction of sp³-hybridized carbons (Fsp3) is 0.222. The van der Waals surface area contributed by atoms with Crippen molar-refractivity contribution in [3.8, 4) is 0 Å². The third-order valence-electron chi connectivity index (χ3n) is 1.91.